The Hall–Kier alpha value is -0.970. The number of fused-ring (bicyclic) bond motifs is 3. The maximum absolute atomic E-state index is 12.7. The lowest BCUT2D eigenvalue weighted by atomic mass is 9.47. The fourth-order valence-electron chi connectivity index (χ4n) is 7.68. The van der Waals surface area contributed by atoms with Gasteiger partial charge in [0.1, 0.15) is 11.2 Å². The summed E-state index contributed by atoms with van der Waals surface area (Å²) >= 11 is 5.90. The van der Waals surface area contributed by atoms with E-state index in [-0.39, 0.29) is 52.3 Å². The number of epoxide rings is 1. The van der Waals surface area contributed by atoms with Crippen LogP contribution in [0.1, 0.15) is 46.5 Å². The quantitative estimate of drug-likeness (QED) is 0.580. The number of halogens is 1. The van der Waals surface area contributed by atoms with Crippen LogP contribution in [-0.4, -0.2) is 39.9 Å². The van der Waals surface area contributed by atoms with E-state index >= 15 is 0 Å². The number of carbonyl (C=O) groups is 2. The molecule has 0 radical (unpaired) electrons. The molecule has 5 heteroatoms. The number of hydrogen-bond acceptors (Lipinski definition) is 4. The van der Waals surface area contributed by atoms with E-state index in [4.69, 9.17) is 16.3 Å². The molecule has 4 aliphatic carbocycles. The lowest BCUT2D eigenvalue weighted by Gasteiger charge is -2.55. The highest BCUT2D eigenvalue weighted by Gasteiger charge is 2.81. The predicted octanol–water partition coefficient (Wildman–Crippen LogP) is 3.21. The highest BCUT2D eigenvalue weighted by atomic mass is 35.5. The van der Waals surface area contributed by atoms with Crippen molar-refractivity contribution in [2.75, 3.05) is 5.88 Å². The molecule has 4 nitrogen and oxygen atoms in total. The topological polar surface area (TPSA) is 66.9 Å². The molecule has 0 bridgehead atoms. The zero-order valence-corrected chi connectivity index (χ0v) is 16.9. The van der Waals surface area contributed by atoms with Crippen molar-refractivity contribution < 1.29 is 19.4 Å². The van der Waals surface area contributed by atoms with Gasteiger partial charge < -0.3 is 9.84 Å². The van der Waals surface area contributed by atoms with Gasteiger partial charge in [0.2, 0.25) is 0 Å². The van der Waals surface area contributed by atoms with Crippen LogP contribution in [0.15, 0.2) is 23.8 Å². The van der Waals surface area contributed by atoms with E-state index in [1.807, 2.05) is 13.0 Å². The highest BCUT2D eigenvalue weighted by Crippen LogP contribution is 2.76. The maximum Gasteiger partial charge on any atom is 0.179 e. The van der Waals surface area contributed by atoms with Gasteiger partial charge in [0.15, 0.2) is 11.6 Å². The van der Waals surface area contributed by atoms with Gasteiger partial charge in [-0.2, -0.15) is 0 Å². The second kappa shape index (κ2) is 5.14. The average Bonchev–Trinajstić information content (AvgIpc) is 3.31. The molecular formula is C22H27ClO4. The highest BCUT2D eigenvalue weighted by molar-refractivity contribution is 6.29. The van der Waals surface area contributed by atoms with Gasteiger partial charge in [-0.05, 0) is 62.5 Å². The summed E-state index contributed by atoms with van der Waals surface area (Å²) in [6.45, 7) is 6.26. The number of rotatable bonds is 2. The van der Waals surface area contributed by atoms with Gasteiger partial charge in [0, 0.05) is 10.8 Å². The number of hydrogen-bond donors (Lipinski definition) is 1. The molecule has 1 spiro atoms. The van der Waals surface area contributed by atoms with Crippen LogP contribution in [-0.2, 0) is 14.3 Å². The van der Waals surface area contributed by atoms with E-state index in [0.29, 0.717) is 6.42 Å². The van der Waals surface area contributed by atoms with Gasteiger partial charge in [0.25, 0.3) is 0 Å². The molecule has 8 atom stereocenters. The third-order valence-electron chi connectivity index (χ3n) is 9.06. The van der Waals surface area contributed by atoms with Crippen LogP contribution in [0, 0.1) is 28.6 Å². The molecule has 3 saturated carbocycles. The Morgan fingerprint density at radius 1 is 1.37 bits per heavy atom. The zero-order chi connectivity index (χ0) is 19.4. The summed E-state index contributed by atoms with van der Waals surface area (Å²) in [7, 11) is 0. The summed E-state index contributed by atoms with van der Waals surface area (Å²) in [5.74, 6) is 0.0439. The van der Waals surface area contributed by atoms with E-state index in [1.165, 1.54) is 5.57 Å². The van der Waals surface area contributed by atoms with Crippen LogP contribution in [0.5, 0.6) is 0 Å². The van der Waals surface area contributed by atoms with E-state index in [9.17, 15) is 14.7 Å². The molecule has 1 N–H and O–H groups in total. The number of aliphatic hydroxyl groups is 1. The molecule has 146 valence electrons. The van der Waals surface area contributed by atoms with Gasteiger partial charge in [-0.25, -0.2) is 0 Å². The normalized spacial score (nSPS) is 55.1. The van der Waals surface area contributed by atoms with Crippen molar-refractivity contribution in [1.82, 2.24) is 0 Å². The van der Waals surface area contributed by atoms with Crippen LogP contribution >= 0.6 is 11.6 Å². The summed E-state index contributed by atoms with van der Waals surface area (Å²) in [6, 6.07) is 0. The minimum absolute atomic E-state index is 0.00949. The van der Waals surface area contributed by atoms with Crippen molar-refractivity contribution in [2.24, 2.45) is 28.6 Å². The van der Waals surface area contributed by atoms with E-state index < -0.39 is 11.0 Å². The summed E-state index contributed by atoms with van der Waals surface area (Å²) in [6.07, 6.45) is 8.83. The van der Waals surface area contributed by atoms with Crippen LogP contribution in [0.2, 0.25) is 0 Å². The molecule has 4 fully saturated rings. The summed E-state index contributed by atoms with van der Waals surface area (Å²) < 4.78 is 6.46. The van der Waals surface area contributed by atoms with Gasteiger partial charge in [0.05, 0.1) is 12.0 Å². The first-order valence-corrected chi connectivity index (χ1v) is 10.6. The average molecular weight is 391 g/mol. The Bertz CT molecular complexity index is 817. The van der Waals surface area contributed by atoms with Gasteiger partial charge >= 0.3 is 0 Å². The first-order chi connectivity index (χ1) is 12.6. The van der Waals surface area contributed by atoms with E-state index in [0.717, 1.165) is 19.3 Å². The van der Waals surface area contributed by atoms with Gasteiger partial charge in [-0.15, -0.1) is 11.6 Å². The van der Waals surface area contributed by atoms with Crippen LogP contribution in [0.25, 0.3) is 0 Å². The first-order valence-electron chi connectivity index (χ1n) is 10.1. The SMILES string of the molecule is C[C@H]1CC2C3CCC4=CC(=O)C=C[C@]4(C)[C@@]34O[C@H]4C[C@]2(C)[C@@]1(O)C(=O)CCl. The van der Waals surface area contributed by atoms with Crippen molar-refractivity contribution in [2.45, 2.75) is 63.8 Å². The molecule has 1 heterocycles. The lowest BCUT2D eigenvalue weighted by Crippen LogP contribution is -2.62. The second-order valence-corrected chi connectivity index (χ2v) is 10.1. The first kappa shape index (κ1) is 18.1. The number of ketones is 2. The fraction of sp³-hybridized carbons (Fsp3) is 0.727. The van der Waals surface area contributed by atoms with Crippen LogP contribution in [0.4, 0.5) is 0 Å². The third kappa shape index (κ3) is 1.79. The molecule has 5 aliphatic rings. The minimum atomic E-state index is -1.38. The monoisotopic (exact) mass is 390 g/mol. The summed E-state index contributed by atoms with van der Waals surface area (Å²) in [5.41, 5.74) is -1.29. The molecule has 27 heavy (non-hydrogen) atoms. The molecule has 5 rings (SSSR count). The van der Waals surface area contributed by atoms with Crippen LogP contribution < -0.4 is 0 Å². The van der Waals surface area contributed by atoms with Crippen molar-refractivity contribution in [1.29, 1.82) is 0 Å². The molecule has 1 aliphatic heterocycles. The number of alkyl halides is 1. The van der Waals surface area contributed by atoms with Crippen molar-refractivity contribution in [3.63, 3.8) is 0 Å². The van der Waals surface area contributed by atoms with Gasteiger partial charge in [-0.1, -0.05) is 25.5 Å². The van der Waals surface area contributed by atoms with Crippen LogP contribution in [0.3, 0.4) is 0 Å². The summed E-state index contributed by atoms with van der Waals surface area (Å²) in [4.78, 5) is 24.7. The Balaban J connectivity index is 1.60. The van der Waals surface area contributed by atoms with Crippen molar-refractivity contribution >= 4 is 23.2 Å². The predicted molar refractivity (Wildman–Crippen MR) is 101 cm³/mol. The van der Waals surface area contributed by atoms with E-state index in [2.05, 4.69) is 13.8 Å². The Morgan fingerprint density at radius 2 is 2.11 bits per heavy atom. The molecule has 0 aromatic heterocycles. The molecule has 1 saturated heterocycles. The third-order valence-corrected chi connectivity index (χ3v) is 9.30. The molecule has 0 aromatic rings. The van der Waals surface area contributed by atoms with E-state index in [1.54, 1.807) is 12.2 Å². The smallest absolute Gasteiger partial charge is 0.179 e. The van der Waals surface area contributed by atoms with Gasteiger partial charge in [-0.3, -0.25) is 9.59 Å². The Kier molecular flexibility index (Phi) is 3.44. The second-order valence-electron chi connectivity index (χ2n) is 9.84. The van der Waals surface area contributed by atoms with Crippen molar-refractivity contribution in [3.8, 4) is 0 Å². The fourth-order valence-corrected chi connectivity index (χ4v) is 7.88. The molecular weight excluding hydrogens is 364 g/mol. The maximum atomic E-state index is 12.7. The molecule has 0 aromatic carbocycles. The van der Waals surface area contributed by atoms with Crippen molar-refractivity contribution in [3.05, 3.63) is 23.8 Å². The number of carbonyl (C=O) groups excluding carboxylic acids is 2. The minimum Gasteiger partial charge on any atom is -0.381 e. The lowest BCUT2D eigenvalue weighted by molar-refractivity contribution is -0.160. The number of Topliss-reactive ketones (excluding diaryl/α,β-unsaturated/α-hetero) is 1. The number of ether oxygens (including phenoxy) is 1. The standard InChI is InChI=1S/C22H27ClO4/c1-12-8-16-15-5-4-13-9-14(24)6-7-19(13,2)22(15)18(27-22)10-20(16,3)21(12,26)17(25)11-23/h6-7,9,12,15-16,18,26H,4-5,8,10-11H2,1-3H3/t12-,15?,16?,18-,19-,20-,21-,22+/m0/s1. The summed E-state index contributed by atoms with van der Waals surface area (Å²) in [5, 5.41) is 11.6. The number of allylic oxidation sites excluding steroid dienone is 2. The zero-order valence-electron chi connectivity index (χ0n) is 16.1. The Morgan fingerprint density at radius 3 is 2.81 bits per heavy atom. The molecule has 2 unspecified atom stereocenters. The Labute approximate surface area is 165 Å². The molecule has 0 amide bonds. The largest absolute Gasteiger partial charge is 0.381 e.